The van der Waals surface area contributed by atoms with E-state index < -0.39 is 28.6 Å². The van der Waals surface area contributed by atoms with Gasteiger partial charge in [-0.2, -0.15) is 0 Å². The molecule has 2 heterocycles. The van der Waals surface area contributed by atoms with E-state index in [9.17, 15) is 19.3 Å². The number of carbonyl (C=O) groups excluding carboxylic acids is 1. The number of pyridine rings is 1. The second-order valence-electron chi connectivity index (χ2n) is 5.18. The van der Waals surface area contributed by atoms with Gasteiger partial charge in [0.1, 0.15) is 12.3 Å². The van der Waals surface area contributed by atoms with Crippen molar-refractivity contribution in [2.45, 2.75) is 32.3 Å². The minimum absolute atomic E-state index is 0.267. The van der Waals surface area contributed by atoms with E-state index in [0.717, 1.165) is 25.1 Å². The maximum Gasteiger partial charge on any atom is 0.409 e. The fourth-order valence-corrected chi connectivity index (χ4v) is 2.15. The van der Waals surface area contributed by atoms with Gasteiger partial charge in [0.15, 0.2) is 5.82 Å². The molecule has 0 bridgehead atoms. The number of carbonyl (C=O) groups is 1. The molecule has 9 heteroatoms. The third-order valence-electron chi connectivity index (χ3n) is 3.41. The van der Waals surface area contributed by atoms with Crippen molar-refractivity contribution in [3.63, 3.8) is 0 Å². The summed E-state index contributed by atoms with van der Waals surface area (Å²) in [5, 5.41) is 10.5. The van der Waals surface area contributed by atoms with E-state index in [1.54, 1.807) is 0 Å². The highest BCUT2D eigenvalue weighted by Crippen LogP contribution is 2.23. The number of hydrogen-bond donors (Lipinski definition) is 0. The number of aromatic nitrogens is 1. The summed E-state index contributed by atoms with van der Waals surface area (Å²) < 4.78 is 24.2. The summed E-state index contributed by atoms with van der Waals surface area (Å²) in [5.41, 5.74) is -0.442. The van der Waals surface area contributed by atoms with Crippen LogP contribution in [0.1, 0.15) is 26.2 Å². The molecule has 1 fully saturated rings. The summed E-state index contributed by atoms with van der Waals surface area (Å²) >= 11 is 0. The molecule has 126 valence electrons. The van der Waals surface area contributed by atoms with Crippen molar-refractivity contribution in [1.29, 1.82) is 0 Å². The Morgan fingerprint density at radius 2 is 2.39 bits per heavy atom. The van der Waals surface area contributed by atoms with Gasteiger partial charge in [-0.05, 0) is 6.42 Å². The van der Waals surface area contributed by atoms with Crippen molar-refractivity contribution in [3.05, 3.63) is 28.2 Å². The van der Waals surface area contributed by atoms with Gasteiger partial charge in [-0.15, -0.1) is 0 Å². The molecule has 0 unspecified atom stereocenters. The molecule has 1 atom stereocenters. The van der Waals surface area contributed by atoms with Gasteiger partial charge in [0.25, 0.3) is 11.6 Å². The molecule has 0 N–H and O–H groups in total. The van der Waals surface area contributed by atoms with Crippen molar-refractivity contribution in [3.8, 4) is 5.88 Å². The van der Waals surface area contributed by atoms with Crippen LogP contribution in [0, 0.1) is 15.9 Å². The summed E-state index contributed by atoms with van der Waals surface area (Å²) in [6, 6.07) is 0.758. The molecular weight excluding hydrogens is 309 g/mol. The predicted molar refractivity (Wildman–Crippen MR) is 77.7 cm³/mol. The molecule has 1 aliphatic heterocycles. The number of nitrogens with zero attached hydrogens (tertiary/aromatic N) is 3. The van der Waals surface area contributed by atoms with Crippen molar-refractivity contribution in [1.82, 2.24) is 9.88 Å². The lowest BCUT2D eigenvalue weighted by Crippen LogP contribution is -2.31. The van der Waals surface area contributed by atoms with Crippen LogP contribution in [0.2, 0.25) is 0 Å². The smallest absolute Gasteiger partial charge is 0.409 e. The average molecular weight is 327 g/mol. The van der Waals surface area contributed by atoms with Crippen molar-refractivity contribution in [2.75, 3.05) is 19.7 Å². The zero-order valence-electron chi connectivity index (χ0n) is 12.7. The molecule has 1 aliphatic rings. The number of likely N-dealkylation sites (tertiary alicyclic amines) is 1. The highest BCUT2D eigenvalue weighted by atomic mass is 19.1. The molecule has 8 nitrogen and oxygen atoms in total. The summed E-state index contributed by atoms with van der Waals surface area (Å²) in [4.78, 5) is 26.7. The number of halogens is 1. The molecule has 0 radical (unpaired) electrons. The Morgan fingerprint density at radius 3 is 3.04 bits per heavy atom. The normalized spacial score (nSPS) is 17.1. The molecule has 1 aromatic rings. The van der Waals surface area contributed by atoms with Crippen LogP contribution in [0.25, 0.3) is 0 Å². The van der Waals surface area contributed by atoms with Gasteiger partial charge in [-0.1, -0.05) is 13.3 Å². The molecule has 23 heavy (non-hydrogen) atoms. The molecular formula is C14H18FN3O5. The molecule has 1 aromatic heterocycles. The van der Waals surface area contributed by atoms with E-state index in [-0.39, 0.29) is 12.4 Å². The van der Waals surface area contributed by atoms with E-state index in [2.05, 4.69) is 4.98 Å². The van der Waals surface area contributed by atoms with E-state index >= 15 is 0 Å². The van der Waals surface area contributed by atoms with Crippen LogP contribution in [0.15, 0.2) is 12.3 Å². The summed E-state index contributed by atoms with van der Waals surface area (Å²) in [6.07, 6.45) is 2.35. The average Bonchev–Trinajstić information content (AvgIpc) is 2.98. The number of nitro groups is 1. The molecule has 1 saturated heterocycles. The fraction of sp³-hybridized carbons (Fsp3) is 0.571. The molecule has 0 spiro atoms. The highest BCUT2D eigenvalue weighted by molar-refractivity contribution is 5.68. The lowest BCUT2D eigenvalue weighted by molar-refractivity contribution is -0.385. The Kier molecular flexibility index (Phi) is 5.67. The van der Waals surface area contributed by atoms with Crippen LogP contribution < -0.4 is 4.74 Å². The first kappa shape index (κ1) is 16.9. The molecule has 0 saturated carbocycles. The second kappa shape index (κ2) is 7.70. The molecule has 0 aromatic carbocycles. The largest absolute Gasteiger partial charge is 0.470 e. The quantitative estimate of drug-likeness (QED) is 0.452. The van der Waals surface area contributed by atoms with Crippen LogP contribution in [0.5, 0.6) is 5.88 Å². The van der Waals surface area contributed by atoms with E-state index in [1.807, 2.05) is 6.92 Å². The third-order valence-corrected chi connectivity index (χ3v) is 3.41. The zero-order valence-corrected chi connectivity index (χ0v) is 12.7. The van der Waals surface area contributed by atoms with Gasteiger partial charge >= 0.3 is 6.09 Å². The number of rotatable bonds is 6. The van der Waals surface area contributed by atoms with Crippen LogP contribution in [0.4, 0.5) is 14.9 Å². The van der Waals surface area contributed by atoms with E-state index in [0.29, 0.717) is 19.6 Å². The maximum atomic E-state index is 13.7. The summed E-state index contributed by atoms with van der Waals surface area (Å²) in [7, 11) is 0. The monoisotopic (exact) mass is 327 g/mol. The lowest BCUT2D eigenvalue weighted by atomic mass is 10.3. The Bertz CT molecular complexity index is 584. The SMILES string of the molecule is CCCCOC(=O)N1CC[C@H](Oc2ncc([N+](=O)[O-])cc2F)C1. The standard InChI is InChI=1S/C14H18FN3O5/c1-2-3-6-22-14(19)17-5-4-11(9-17)23-13-12(15)7-10(8-16-13)18(20)21/h7-8,11H,2-6,9H2,1H3/t11-/m0/s1. The zero-order chi connectivity index (χ0) is 16.8. The third kappa shape index (κ3) is 4.51. The lowest BCUT2D eigenvalue weighted by Gasteiger charge is -2.16. The van der Waals surface area contributed by atoms with Crippen molar-refractivity contribution in [2.24, 2.45) is 0 Å². The first-order valence-electron chi connectivity index (χ1n) is 7.39. The minimum Gasteiger partial charge on any atom is -0.470 e. The maximum absolute atomic E-state index is 13.7. The summed E-state index contributed by atoms with van der Waals surface area (Å²) in [5.74, 6) is -1.20. The number of hydrogen-bond acceptors (Lipinski definition) is 6. The van der Waals surface area contributed by atoms with Gasteiger partial charge in [0.05, 0.1) is 24.1 Å². The van der Waals surface area contributed by atoms with E-state index in [1.165, 1.54) is 4.90 Å². The Hall–Kier alpha value is -2.45. The van der Waals surface area contributed by atoms with Crippen LogP contribution >= 0.6 is 0 Å². The first-order valence-corrected chi connectivity index (χ1v) is 7.39. The molecule has 0 aliphatic carbocycles. The summed E-state index contributed by atoms with van der Waals surface area (Å²) in [6.45, 7) is 3.09. The highest BCUT2D eigenvalue weighted by Gasteiger charge is 2.29. The Morgan fingerprint density at radius 1 is 1.61 bits per heavy atom. The molecule has 1 amide bonds. The van der Waals surface area contributed by atoms with E-state index in [4.69, 9.17) is 9.47 Å². The fourth-order valence-electron chi connectivity index (χ4n) is 2.15. The predicted octanol–water partition coefficient (Wildman–Crippen LogP) is 2.52. The number of amides is 1. The van der Waals surface area contributed by atoms with Gasteiger partial charge in [0, 0.05) is 13.0 Å². The van der Waals surface area contributed by atoms with Gasteiger partial charge < -0.3 is 14.4 Å². The van der Waals surface area contributed by atoms with Gasteiger partial charge in [0.2, 0.25) is 0 Å². The Balaban J connectivity index is 1.88. The Labute approximate surface area is 132 Å². The van der Waals surface area contributed by atoms with Gasteiger partial charge in [-0.3, -0.25) is 10.1 Å². The second-order valence-corrected chi connectivity index (χ2v) is 5.18. The number of ether oxygens (including phenoxy) is 2. The van der Waals surface area contributed by atoms with Crippen LogP contribution in [0.3, 0.4) is 0 Å². The van der Waals surface area contributed by atoms with Crippen molar-refractivity contribution < 1.29 is 23.6 Å². The number of unbranched alkanes of at least 4 members (excludes halogenated alkanes) is 1. The molecule has 2 rings (SSSR count). The van der Waals surface area contributed by atoms with Crippen LogP contribution in [-0.2, 0) is 4.74 Å². The first-order chi connectivity index (χ1) is 11.0. The topological polar surface area (TPSA) is 94.8 Å². The minimum atomic E-state index is -0.900. The van der Waals surface area contributed by atoms with Crippen molar-refractivity contribution >= 4 is 11.8 Å². The van der Waals surface area contributed by atoms with Gasteiger partial charge in [-0.25, -0.2) is 14.2 Å². The van der Waals surface area contributed by atoms with Crippen LogP contribution in [-0.4, -0.2) is 46.7 Å².